The van der Waals surface area contributed by atoms with Gasteiger partial charge in [0.25, 0.3) is 0 Å². The number of methoxy groups -OCH3 is 2. The second kappa shape index (κ2) is 8.29. The molecule has 0 radical (unpaired) electrons. The SMILES string of the molecule is COc1ccc(N2CCN(C(=O)NCC3CCCO3)CC2)cc1OC. The molecular formula is C18H27N3O4. The molecule has 1 aromatic rings. The maximum Gasteiger partial charge on any atom is 0.317 e. The summed E-state index contributed by atoms with van der Waals surface area (Å²) in [5.74, 6) is 1.44. The first-order valence-electron chi connectivity index (χ1n) is 8.82. The van der Waals surface area contributed by atoms with E-state index < -0.39 is 0 Å². The number of benzene rings is 1. The number of piperazine rings is 1. The summed E-state index contributed by atoms with van der Waals surface area (Å²) in [6.07, 6.45) is 2.30. The molecule has 1 aromatic carbocycles. The Morgan fingerprint density at radius 2 is 1.96 bits per heavy atom. The molecule has 1 N–H and O–H groups in total. The third-order valence-electron chi connectivity index (χ3n) is 4.80. The number of anilines is 1. The molecule has 2 heterocycles. The van der Waals surface area contributed by atoms with Crippen LogP contribution in [0.2, 0.25) is 0 Å². The van der Waals surface area contributed by atoms with Crippen molar-refractivity contribution >= 4 is 11.7 Å². The number of nitrogens with zero attached hydrogens (tertiary/aromatic N) is 2. The first-order valence-corrected chi connectivity index (χ1v) is 8.82. The van der Waals surface area contributed by atoms with Crippen molar-refractivity contribution in [2.75, 3.05) is 58.5 Å². The molecule has 25 heavy (non-hydrogen) atoms. The Labute approximate surface area is 148 Å². The van der Waals surface area contributed by atoms with Gasteiger partial charge in [0.15, 0.2) is 11.5 Å². The van der Waals surface area contributed by atoms with Crippen LogP contribution < -0.4 is 19.7 Å². The summed E-state index contributed by atoms with van der Waals surface area (Å²) in [4.78, 5) is 16.4. The lowest BCUT2D eigenvalue weighted by Crippen LogP contribution is -2.52. The number of carbonyl (C=O) groups excluding carboxylic acids is 1. The van der Waals surface area contributed by atoms with Crippen LogP contribution in [0, 0.1) is 0 Å². The highest BCUT2D eigenvalue weighted by molar-refractivity contribution is 5.74. The lowest BCUT2D eigenvalue weighted by Gasteiger charge is -2.36. The first kappa shape index (κ1) is 17.7. The van der Waals surface area contributed by atoms with Gasteiger partial charge in [-0.25, -0.2) is 4.79 Å². The predicted octanol–water partition coefficient (Wildman–Crippen LogP) is 1.71. The van der Waals surface area contributed by atoms with Crippen LogP contribution in [-0.2, 0) is 4.74 Å². The van der Waals surface area contributed by atoms with Gasteiger partial charge in [-0.1, -0.05) is 0 Å². The van der Waals surface area contributed by atoms with Crippen molar-refractivity contribution in [1.29, 1.82) is 0 Å². The van der Waals surface area contributed by atoms with E-state index in [0.717, 1.165) is 49.7 Å². The Bertz CT molecular complexity index is 582. The molecule has 2 aliphatic heterocycles. The number of hydrogen-bond acceptors (Lipinski definition) is 5. The fourth-order valence-corrected chi connectivity index (χ4v) is 3.31. The smallest absolute Gasteiger partial charge is 0.317 e. The Morgan fingerprint density at radius 3 is 2.60 bits per heavy atom. The monoisotopic (exact) mass is 349 g/mol. The minimum atomic E-state index is 0.00228. The van der Waals surface area contributed by atoms with Crippen molar-refractivity contribution in [2.24, 2.45) is 0 Å². The number of rotatable bonds is 5. The summed E-state index contributed by atoms with van der Waals surface area (Å²) in [5.41, 5.74) is 1.08. The quantitative estimate of drug-likeness (QED) is 0.877. The number of nitrogens with one attached hydrogen (secondary N) is 1. The molecule has 0 aliphatic carbocycles. The summed E-state index contributed by atoms with van der Waals surface area (Å²) in [6, 6.07) is 5.91. The van der Waals surface area contributed by atoms with Crippen molar-refractivity contribution in [3.8, 4) is 11.5 Å². The zero-order valence-electron chi connectivity index (χ0n) is 15.0. The molecule has 7 nitrogen and oxygen atoms in total. The lowest BCUT2D eigenvalue weighted by molar-refractivity contribution is 0.108. The second-order valence-electron chi connectivity index (χ2n) is 6.33. The van der Waals surface area contributed by atoms with Gasteiger partial charge in [0, 0.05) is 51.1 Å². The van der Waals surface area contributed by atoms with Crippen LogP contribution in [0.15, 0.2) is 18.2 Å². The molecule has 138 valence electrons. The van der Waals surface area contributed by atoms with E-state index in [2.05, 4.69) is 10.2 Å². The zero-order chi connectivity index (χ0) is 17.6. The van der Waals surface area contributed by atoms with E-state index in [1.54, 1.807) is 14.2 Å². The lowest BCUT2D eigenvalue weighted by atomic mass is 10.2. The molecule has 0 spiro atoms. The average Bonchev–Trinajstić information content (AvgIpc) is 3.19. The van der Waals surface area contributed by atoms with E-state index in [-0.39, 0.29) is 12.1 Å². The Morgan fingerprint density at radius 1 is 1.20 bits per heavy atom. The molecule has 2 saturated heterocycles. The number of hydrogen-bond donors (Lipinski definition) is 1. The van der Waals surface area contributed by atoms with E-state index in [1.807, 2.05) is 23.1 Å². The van der Waals surface area contributed by atoms with Crippen molar-refractivity contribution in [3.05, 3.63) is 18.2 Å². The van der Waals surface area contributed by atoms with Crippen LogP contribution >= 0.6 is 0 Å². The number of carbonyl (C=O) groups is 1. The summed E-state index contributed by atoms with van der Waals surface area (Å²) in [7, 11) is 3.27. The minimum absolute atomic E-state index is 0.00228. The Kier molecular flexibility index (Phi) is 5.86. The molecule has 2 fully saturated rings. The summed E-state index contributed by atoms with van der Waals surface area (Å²) in [6.45, 7) is 4.41. The molecule has 1 unspecified atom stereocenters. The van der Waals surface area contributed by atoms with Crippen LogP contribution in [-0.4, -0.2) is 70.6 Å². The van der Waals surface area contributed by atoms with Gasteiger partial charge in [0.1, 0.15) is 0 Å². The van der Waals surface area contributed by atoms with Crippen LogP contribution in [0.3, 0.4) is 0 Å². The van der Waals surface area contributed by atoms with Gasteiger partial charge in [0.2, 0.25) is 0 Å². The fourth-order valence-electron chi connectivity index (χ4n) is 3.31. The number of urea groups is 1. The Balaban J connectivity index is 1.50. The van der Waals surface area contributed by atoms with Gasteiger partial charge in [-0.3, -0.25) is 0 Å². The highest BCUT2D eigenvalue weighted by Gasteiger charge is 2.23. The van der Waals surface area contributed by atoms with E-state index >= 15 is 0 Å². The predicted molar refractivity (Wildman–Crippen MR) is 95.7 cm³/mol. The summed E-state index contributed by atoms with van der Waals surface area (Å²) in [5, 5.41) is 2.99. The van der Waals surface area contributed by atoms with E-state index in [4.69, 9.17) is 14.2 Å². The molecule has 0 aromatic heterocycles. The van der Waals surface area contributed by atoms with Gasteiger partial charge in [-0.2, -0.15) is 0 Å². The number of ether oxygens (including phenoxy) is 3. The molecule has 2 amide bonds. The summed E-state index contributed by atoms with van der Waals surface area (Å²) < 4.78 is 16.2. The zero-order valence-corrected chi connectivity index (χ0v) is 15.0. The Hall–Kier alpha value is -2.15. The van der Waals surface area contributed by atoms with Crippen molar-refractivity contribution < 1.29 is 19.0 Å². The van der Waals surface area contributed by atoms with Gasteiger partial charge >= 0.3 is 6.03 Å². The van der Waals surface area contributed by atoms with E-state index in [0.29, 0.717) is 19.6 Å². The van der Waals surface area contributed by atoms with Crippen molar-refractivity contribution in [3.63, 3.8) is 0 Å². The van der Waals surface area contributed by atoms with Gasteiger partial charge in [-0.05, 0) is 25.0 Å². The molecule has 1 atom stereocenters. The van der Waals surface area contributed by atoms with Gasteiger partial charge in [0.05, 0.1) is 20.3 Å². The minimum Gasteiger partial charge on any atom is -0.493 e. The van der Waals surface area contributed by atoms with Crippen LogP contribution in [0.1, 0.15) is 12.8 Å². The topological polar surface area (TPSA) is 63.3 Å². The van der Waals surface area contributed by atoms with Gasteiger partial charge in [-0.15, -0.1) is 0 Å². The van der Waals surface area contributed by atoms with Crippen LogP contribution in [0.5, 0.6) is 11.5 Å². The van der Waals surface area contributed by atoms with Crippen LogP contribution in [0.4, 0.5) is 10.5 Å². The van der Waals surface area contributed by atoms with Crippen molar-refractivity contribution in [1.82, 2.24) is 10.2 Å². The molecular weight excluding hydrogens is 322 g/mol. The third-order valence-corrected chi connectivity index (χ3v) is 4.80. The highest BCUT2D eigenvalue weighted by Crippen LogP contribution is 2.31. The first-order chi connectivity index (χ1) is 12.2. The average molecular weight is 349 g/mol. The van der Waals surface area contributed by atoms with Crippen LogP contribution in [0.25, 0.3) is 0 Å². The third kappa shape index (κ3) is 4.28. The molecule has 3 rings (SSSR count). The molecule has 0 bridgehead atoms. The molecule has 7 heteroatoms. The largest absolute Gasteiger partial charge is 0.493 e. The molecule has 2 aliphatic rings. The van der Waals surface area contributed by atoms with E-state index in [9.17, 15) is 4.79 Å². The van der Waals surface area contributed by atoms with Crippen molar-refractivity contribution in [2.45, 2.75) is 18.9 Å². The molecule has 0 saturated carbocycles. The maximum absolute atomic E-state index is 12.3. The second-order valence-corrected chi connectivity index (χ2v) is 6.33. The standard InChI is InChI=1S/C18H27N3O4/c1-23-16-6-5-14(12-17(16)24-2)20-7-9-21(10-8-20)18(22)19-13-15-4-3-11-25-15/h5-6,12,15H,3-4,7-11,13H2,1-2H3,(H,19,22). The maximum atomic E-state index is 12.3. The fraction of sp³-hybridized carbons (Fsp3) is 0.611. The normalized spacial score (nSPS) is 20.5. The highest BCUT2D eigenvalue weighted by atomic mass is 16.5. The van der Waals surface area contributed by atoms with E-state index in [1.165, 1.54) is 0 Å². The van der Waals surface area contributed by atoms with Gasteiger partial charge < -0.3 is 29.3 Å². The number of amides is 2. The summed E-state index contributed by atoms with van der Waals surface area (Å²) >= 11 is 0.